The number of hydrogen-bond acceptors (Lipinski definition) is 5. The molecule has 5 heteroatoms. The maximum Gasteiger partial charge on any atom is 0.129 e. The zero-order chi connectivity index (χ0) is 13.8. The van der Waals surface area contributed by atoms with Crippen molar-refractivity contribution in [3.63, 3.8) is 0 Å². The summed E-state index contributed by atoms with van der Waals surface area (Å²) in [6.07, 6.45) is 6.33. The third-order valence-corrected chi connectivity index (χ3v) is 3.72. The molecule has 1 atom stereocenters. The Morgan fingerprint density at radius 1 is 1.30 bits per heavy atom. The first-order valence-electron chi connectivity index (χ1n) is 6.96. The molecule has 104 valence electrons. The maximum atomic E-state index is 4.35. The highest BCUT2D eigenvalue weighted by molar-refractivity contribution is 5.33. The van der Waals surface area contributed by atoms with Gasteiger partial charge in [-0.15, -0.1) is 0 Å². The second kappa shape index (κ2) is 5.96. The first kappa shape index (κ1) is 13.0. The summed E-state index contributed by atoms with van der Waals surface area (Å²) in [5, 5.41) is 3.46. The summed E-state index contributed by atoms with van der Waals surface area (Å²) in [7, 11) is 0. The van der Waals surface area contributed by atoms with Crippen molar-refractivity contribution in [3.05, 3.63) is 48.2 Å². The molecule has 0 aromatic carbocycles. The summed E-state index contributed by atoms with van der Waals surface area (Å²) in [5.74, 6) is 0.907. The molecule has 0 radical (unpaired) electrons. The molecule has 0 spiro atoms. The minimum atomic E-state index is 0.460. The summed E-state index contributed by atoms with van der Waals surface area (Å²) in [6, 6.07) is 6.54. The summed E-state index contributed by atoms with van der Waals surface area (Å²) >= 11 is 0. The zero-order valence-electron chi connectivity index (χ0n) is 11.7. The molecule has 1 fully saturated rings. The molecule has 1 aliphatic heterocycles. The van der Waals surface area contributed by atoms with Gasteiger partial charge in [0.05, 0.1) is 0 Å². The van der Waals surface area contributed by atoms with Crippen LogP contribution in [-0.4, -0.2) is 39.0 Å². The van der Waals surface area contributed by atoms with E-state index < -0.39 is 0 Å². The number of aryl methyl sites for hydroxylation is 1. The Labute approximate surface area is 119 Å². The van der Waals surface area contributed by atoms with E-state index in [0.717, 1.165) is 37.6 Å². The standard InChI is InChI=1S/C15H19N5/c1-12-13(3-2-6-17-12)9-20-8-5-14(10-20)19-15-4-7-16-11-18-15/h2-4,6-7,11,14H,5,8-10H2,1H3,(H,16,18,19). The van der Waals surface area contributed by atoms with Gasteiger partial charge in [-0.05, 0) is 31.0 Å². The van der Waals surface area contributed by atoms with E-state index in [1.807, 2.05) is 18.3 Å². The van der Waals surface area contributed by atoms with Crippen LogP contribution in [0.4, 0.5) is 5.82 Å². The average Bonchev–Trinajstić information content (AvgIpc) is 2.90. The summed E-state index contributed by atoms with van der Waals surface area (Å²) in [4.78, 5) is 15.0. The lowest BCUT2D eigenvalue weighted by atomic mass is 10.2. The third-order valence-electron chi connectivity index (χ3n) is 3.72. The summed E-state index contributed by atoms with van der Waals surface area (Å²) in [5.41, 5.74) is 2.44. The van der Waals surface area contributed by atoms with Gasteiger partial charge in [0.15, 0.2) is 0 Å². The van der Waals surface area contributed by atoms with Crippen LogP contribution < -0.4 is 5.32 Å². The van der Waals surface area contributed by atoms with E-state index in [9.17, 15) is 0 Å². The van der Waals surface area contributed by atoms with Gasteiger partial charge < -0.3 is 5.32 Å². The number of likely N-dealkylation sites (tertiary alicyclic amines) is 1. The van der Waals surface area contributed by atoms with E-state index in [1.54, 1.807) is 12.5 Å². The topological polar surface area (TPSA) is 53.9 Å². The van der Waals surface area contributed by atoms with Gasteiger partial charge in [-0.3, -0.25) is 9.88 Å². The Kier molecular flexibility index (Phi) is 3.87. The molecule has 20 heavy (non-hydrogen) atoms. The Morgan fingerprint density at radius 2 is 2.25 bits per heavy atom. The van der Waals surface area contributed by atoms with Crippen LogP contribution in [0.2, 0.25) is 0 Å². The minimum absolute atomic E-state index is 0.460. The van der Waals surface area contributed by atoms with Crippen molar-refractivity contribution < 1.29 is 0 Å². The van der Waals surface area contributed by atoms with Gasteiger partial charge in [-0.2, -0.15) is 0 Å². The smallest absolute Gasteiger partial charge is 0.129 e. The Morgan fingerprint density at radius 3 is 3.05 bits per heavy atom. The Balaban J connectivity index is 1.56. The van der Waals surface area contributed by atoms with Gasteiger partial charge in [0, 0.05) is 43.8 Å². The lowest BCUT2D eigenvalue weighted by molar-refractivity contribution is 0.327. The van der Waals surface area contributed by atoms with Crippen LogP contribution >= 0.6 is 0 Å². The van der Waals surface area contributed by atoms with Crippen molar-refractivity contribution in [2.45, 2.75) is 25.9 Å². The van der Waals surface area contributed by atoms with E-state index in [1.165, 1.54) is 5.56 Å². The molecule has 1 saturated heterocycles. The summed E-state index contributed by atoms with van der Waals surface area (Å²) < 4.78 is 0. The number of nitrogens with zero attached hydrogens (tertiary/aromatic N) is 4. The maximum absolute atomic E-state index is 4.35. The fraction of sp³-hybridized carbons (Fsp3) is 0.400. The van der Waals surface area contributed by atoms with Gasteiger partial charge in [-0.25, -0.2) is 9.97 Å². The lowest BCUT2D eigenvalue weighted by Gasteiger charge is -2.17. The second-order valence-corrected chi connectivity index (χ2v) is 5.21. The molecular formula is C15H19N5. The number of anilines is 1. The third kappa shape index (κ3) is 3.11. The van der Waals surface area contributed by atoms with E-state index in [0.29, 0.717) is 6.04 Å². The average molecular weight is 269 g/mol. The van der Waals surface area contributed by atoms with Gasteiger partial charge in [0.1, 0.15) is 12.1 Å². The molecule has 0 bridgehead atoms. The molecule has 0 saturated carbocycles. The summed E-state index contributed by atoms with van der Waals surface area (Å²) in [6.45, 7) is 5.19. The first-order valence-corrected chi connectivity index (χ1v) is 6.96. The molecule has 1 aliphatic rings. The van der Waals surface area contributed by atoms with E-state index >= 15 is 0 Å². The molecule has 0 amide bonds. The van der Waals surface area contributed by atoms with Gasteiger partial charge in [0.25, 0.3) is 0 Å². The van der Waals surface area contributed by atoms with E-state index in [-0.39, 0.29) is 0 Å². The zero-order valence-corrected chi connectivity index (χ0v) is 11.7. The monoisotopic (exact) mass is 269 g/mol. The predicted molar refractivity (Wildman–Crippen MR) is 78.3 cm³/mol. The molecule has 2 aromatic heterocycles. The first-order chi connectivity index (χ1) is 9.81. The number of hydrogen-bond donors (Lipinski definition) is 1. The highest BCUT2D eigenvalue weighted by Crippen LogP contribution is 2.17. The normalized spacial score (nSPS) is 19.1. The fourth-order valence-electron chi connectivity index (χ4n) is 2.60. The number of rotatable bonds is 4. The van der Waals surface area contributed by atoms with Crippen molar-refractivity contribution in [3.8, 4) is 0 Å². The van der Waals surface area contributed by atoms with Crippen molar-refractivity contribution in [2.24, 2.45) is 0 Å². The Bertz CT molecular complexity index is 557. The van der Waals surface area contributed by atoms with E-state index in [4.69, 9.17) is 0 Å². The number of aromatic nitrogens is 3. The van der Waals surface area contributed by atoms with Crippen LogP contribution in [-0.2, 0) is 6.54 Å². The SMILES string of the molecule is Cc1ncccc1CN1CCC(Nc2ccncn2)C1. The molecule has 5 nitrogen and oxygen atoms in total. The molecule has 3 heterocycles. The predicted octanol–water partition coefficient (Wildman–Crippen LogP) is 1.87. The Hall–Kier alpha value is -2.01. The highest BCUT2D eigenvalue weighted by atomic mass is 15.2. The van der Waals surface area contributed by atoms with Gasteiger partial charge in [-0.1, -0.05) is 6.07 Å². The van der Waals surface area contributed by atoms with Crippen molar-refractivity contribution in [2.75, 3.05) is 18.4 Å². The van der Waals surface area contributed by atoms with Crippen LogP contribution in [0.1, 0.15) is 17.7 Å². The van der Waals surface area contributed by atoms with Crippen molar-refractivity contribution >= 4 is 5.82 Å². The quantitative estimate of drug-likeness (QED) is 0.918. The molecule has 2 aromatic rings. The molecule has 1 unspecified atom stereocenters. The fourth-order valence-corrected chi connectivity index (χ4v) is 2.60. The molecule has 1 N–H and O–H groups in total. The van der Waals surface area contributed by atoms with Crippen molar-refractivity contribution in [1.82, 2.24) is 19.9 Å². The van der Waals surface area contributed by atoms with Crippen LogP contribution in [0.15, 0.2) is 36.9 Å². The molecule has 0 aliphatic carbocycles. The lowest BCUT2D eigenvalue weighted by Crippen LogP contribution is -2.26. The minimum Gasteiger partial charge on any atom is -0.366 e. The largest absolute Gasteiger partial charge is 0.366 e. The van der Waals surface area contributed by atoms with Crippen LogP contribution in [0.5, 0.6) is 0 Å². The molecule has 3 rings (SSSR count). The van der Waals surface area contributed by atoms with Gasteiger partial charge in [0.2, 0.25) is 0 Å². The van der Waals surface area contributed by atoms with Crippen LogP contribution in [0, 0.1) is 6.92 Å². The van der Waals surface area contributed by atoms with E-state index in [2.05, 4.69) is 38.2 Å². The second-order valence-electron chi connectivity index (χ2n) is 5.21. The number of pyridine rings is 1. The van der Waals surface area contributed by atoms with Crippen LogP contribution in [0.25, 0.3) is 0 Å². The van der Waals surface area contributed by atoms with Gasteiger partial charge >= 0.3 is 0 Å². The van der Waals surface area contributed by atoms with Crippen LogP contribution in [0.3, 0.4) is 0 Å². The highest BCUT2D eigenvalue weighted by Gasteiger charge is 2.22. The number of nitrogens with one attached hydrogen (secondary N) is 1. The molecular weight excluding hydrogens is 250 g/mol. The van der Waals surface area contributed by atoms with Crippen molar-refractivity contribution in [1.29, 1.82) is 0 Å².